The predicted molar refractivity (Wildman–Crippen MR) is 126 cm³/mol. The minimum Gasteiger partial charge on any atom is -0.495 e. The first-order chi connectivity index (χ1) is 15.5. The number of methoxy groups -OCH3 is 1. The number of carbonyl (C=O) groups excluding carboxylic acids is 1. The van der Waals surface area contributed by atoms with Crippen molar-refractivity contribution in [3.63, 3.8) is 0 Å². The van der Waals surface area contributed by atoms with Crippen LogP contribution in [0.3, 0.4) is 0 Å². The number of anilines is 2. The van der Waals surface area contributed by atoms with E-state index in [1.54, 1.807) is 6.92 Å². The van der Waals surface area contributed by atoms with E-state index in [4.69, 9.17) is 27.9 Å². The zero-order valence-corrected chi connectivity index (χ0v) is 19.6. The first-order valence-electron chi connectivity index (χ1n) is 9.24. The van der Waals surface area contributed by atoms with Crippen molar-refractivity contribution in [2.45, 2.75) is 11.8 Å². The van der Waals surface area contributed by atoms with Crippen LogP contribution in [0.25, 0.3) is 0 Å². The Kier molecular flexibility index (Phi) is 7.11. The van der Waals surface area contributed by atoms with Crippen LogP contribution in [0.2, 0.25) is 10.0 Å². The van der Waals surface area contributed by atoms with Crippen LogP contribution in [-0.4, -0.2) is 26.4 Å². The van der Waals surface area contributed by atoms with Crippen LogP contribution in [0.5, 0.6) is 5.75 Å². The summed E-state index contributed by atoms with van der Waals surface area (Å²) in [6.07, 6.45) is 0. The van der Waals surface area contributed by atoms with E-state index in [1.807, 2.05) is 0 Å². The molecule has 0 bridgehead atoms. The molecule has 0 fully saturated rings. The van der Waals surface area contributed by atoms with Gasteiger partial charge in [0, 0.05) is 17.2 Å². The molecule has 9 nitrogen and oxygen atoms in total. The molecule has 0 aliphatic rings. The fourth-order valence-corrected chi connectivity index (χ4v) is 4.49. The zero-order valence-electron chi connectivity index (χ0n) is 17.3. The van der Waals surface area contributed by atoms with E-state index in [1.165, 1.54) is 55.6 Å². The third kappa shape index (κ3) is 5.54. The summed E-state index contributed by atoms with van der Waals surface area (Å²) in [6.45, 7) is 1.61. The van der Waals surface area contributed by atoms with Gasteiger partial charge in [0.1, 0.15) is 5.75 Å². The third-order valence-corrected chi connectivity index (χ3v) is 6.49. The van der Waals surface area contributed by atoms with Crippen LogP contribution in [-0.2, 0) is 10.0 Å². The molecular weight excluding hydrogens is 493 g/mol. The molecule has 12 heteroatoms. The van der Waals surface area contributed by atoms with E-state index in [2.05, 4.69) is 10.0 Å². The lowest BCUT2D eigenvalue weighted by Gasteiger charge is -2.14. The number of nitrogens with one attached hydrogen (secondary N) is 2. The number of sulfonamides is 1. The molecule has 0 aliphatic heterocycles. The number of amides is 1. The highest BCUT2D eigenvalue weighted by Crippen LogP contribution is 2.31. The van der Waals surface area contributed by atoms with Gasteiger partial charge in [0.15, 0.2) is 0 Å². The monoisotopic (exact) mass is 509 g/mol. The van der Waals surface area contributed by atoms with Gasteiger partial charge in [0.05, 0.1) is 38.9 Å². The molecule has 0 aliphatic carbocycles. The topological polar surface area (TPSA) is 128 Å². The van der Waals surface area contributed by atoms with Crippen LogP contribution in [0.4, 0.5) is 17.1 Å². The molecule has 0 radical (unpaired) electrons. The van der Waals surface area contributed by atoms with Gasteiger partial charge >= 0.3 is 0 Å². The first kappa shape index (κ1) is 24.3. The number of hydrogen-bond donors (Lipinski definition) is 2. The molecule has 0 saturated carbocycles. The maximum Gasteiger partial charge on any atom is 0.271 e. The van der Waals surface area contributed by atoms with Crippen molar-refractivity contribution in [1.29, 1.82) is 0 Å². The predicted octanol–water partition coefficient (Wildman–Crippen LogP) is 5.27. The fourth-order valence-electron chi connectivity index (χ4n) is 2.85. The molecule has 0 unspecified atom stereocenters. The smallest absolute Gasteiger partial charge is 0.271 e. The van der Waals surface area contributed by atoms with Gasteiger partial charge in [0.25, 0.3) is 21.6 Å². The van der Waals surface area contributed by atoms with Gasteiger partial charge < -0.3 is 10.1 Å². The number of rotatable bonds is 7. The van der Waals surface area contributed by atoms with Gasteiger partial charge in [-0.3, -0.25) is 19.6 Å². The molecule has 3 aromatic carbocycles. The molecule has 0 heterocycles. The maximum absolute atomic E-state index is 13.0. The lowest BCUT2D eigenvalue weighted by atomic mass is 10.2. The van der Waals surface area contributed by atoms with Gasteiger partial charge in [-0.05, 0) is 48.9 Å². The quantitative estimate of drug-likeness (QED) is 0.329. The number of halogens is 2. The van der Waals surface area contributed by atoms with Crippen LogP contribution in [0.1, 0.15) is 15.9 Å². The van der Waals surface area contributed by atoms with Crippen molar-refractivity contribution in [2.75, 3.05) is 17.1 Å². The Labute approximate surface area is 199 Å². The minimum absolute atomic E-state index is 0.0542. The summed E-state index contributed by atoms with van der Waals surface area (Å²) in [5.41, 5.74) is 0.483. The number of benzene rings is 3. The molecule has 33 heavy (non-hydrogen) atoms. The molecule has 172 valence electrons. The van der Waals surface area contributed by atoms with Crippen molar-refractivity contribution in [1.82, 2.24) is 0 Å². The largest absolute Gasteiger partial charge is 0.495 e. The van der Waals surface area contributed by atoms with E-state index in [0.717, 1.165) is 6.07 Å². The summed E-state index contributed by atoms with van der Waals surface area (Å²) < 4.78 is 33.5. The molecule has 0 spiro atoms. The zero-order chi connectivity index (χ0) is 24.3. The van der Waals surface area contributed by atoms with Crippen molar-refractivity contribution < 1.29 is 22.9 Å². The minimum atomic E-state index is -4.16. The van der Waals surface area contributed by atoms with E-state index in [-0.39, 0.29) is 38.3 Å². The maximum atomic E-state index is 13.0. The normalized spacial score (nSPS) is 11.0. The Balaban J connectivity index is 1.95. The fraction of sp³-hybridized carbons (Fsp3) is 0.0952. The van der Waals surface area contributed by atoms with Crippen molar-refractivity contribution in [3.05, 3.63) is 85.9 Å². The molecule has 0 saturated heterocycles. The molecule has 3 aromatic rings. The Morgan fingerprint density at radius 3 is 2.39 bits per heavy atom. The summed E-state index contributed by atoms with van der Waals surface area (Å²) in [5.74, 6) is -0.397. The van der Waals surface area contributed by atoms with Crippen LogP contribution in [0, 0.1) is 17.0 Å². The van der Waals surface area contributed by atoms with Gasteiger partial charge in [-0.15, -0.1) is 0 Å². The molecule has 3 rings (SSSR count). The summed E-state index contributed by atoms with van der Waals surface area (Å²) in [6, 6.07) is 12.0. The average Bonchev–Trinajstić information content (AvgIpc) is 2.74. The Morgan fingerprint density at radius 1 is 1.03 bits per heavy atom. The van der Waals surface area contributed by atoms with Gasteiger partial charge in [-0.1, -0.05) is 29.3 Å². The van der Waals surface area contributed by atoms with Crippen LogP contribution < -0.4 is 14.8 Å². The van der Waals surface area contributed by atoms with Crippen molar-refractivity contribution >= 4 is 56.2 Å². The summed E-state index contributed by atoms with van der Waals surface area (Å²) >= 11 is 11.9. The molecule has 2 N–H and O–H groups in total. The SMILES string of the molecule is COc1ccc(S(=O)(=O)Nc2cc([N+](=O)[O-])ccc2C)cc1NC(=O)c1ccc(Cl)cc1Cl. The van der Waals surface area contributed by atoms with Crippen LogP contribution >= 0.6 is 23.2 Å². The Morgan fingerprint density at radius 2 is 1.76 bits per heavy atom. The number of carbonyl (C=O) groups is 1. The van der Waals surface area contributed by atoms with Crippen molar-refractivity contribution in [2.24, 2.45) is 0 Å². The van der Waals surface area contributed by atoms with Gasteiger partial charge in [-0.25, -0.2) is 8.42 Å². The van der Waals surface area contributed by atoms with E-state index in [9.17, 15) is 23.3 Å². The van der Waals surface area contributed by atoms with Gasteiger partial charge in [0.2, 0.25) is 0 Å². The van der Waals surface area contributed by atoms with Gasteiger partial charge in [-0.2, -0.15) is 0 Å². The standard InChI is InChI=1S/C21H17Cl2N3O6S/c1-12-3-5-14(26(28)29)10-18(12)25-33(30,31)15-6-8-20(32-2)19(11-15)24-21(27)16-7-4-13(22)9-17(16)23/h3-11,25H,1-2H3,(H,24,27). The lowest BCUT2D eigenvalue weighted by Crippen LogP contribution is -2.16. The third-order valence-electron chi connectivity index (χ3n) is 4.58. The second-order valence-electron chi connectivity index (χ2n) is 6.80. The Bertz CT molecular complexity index is 1360. The number of aryl methyl sites for hydroxylation is 1. The first-order valence-corrected chi connectivity index (χ1v) is 11.5. The van der Waals surface area contributed by atoms with Crippen LogP contribution in [0.15, 0.2) is 59.5 Å². The Hall–Kier alpha value is -3.34. The summed E-state index contributed by atoms with van der Waals surface area (Å²) in [7, 11) is -2.80. The van der Waals surface area contributed by atoms with E-state index in [0.29, 0.717) is 10.6 Å². The number of non-ortho nitro benzene ring substituents is 1. The second-order valence-corrected chi connectivity index (χ2v) is 9.33. The lowest BCUT2D eigenvalue weighted by molar-refractivity contribution is -0.384. The highest BCUT2D eigenvalue weighted by Gasteiger charge is 2.21. The highest BCUT2D eigenvalue weighted by molar-refractivity contribution is 7.92. The number of nitrogens with zero attached hydrogens (tertiary/aromatic N) is 1. The highest BCUT2D eigenvalue weighted by atomic mass is 35.5. The second kappa shape index (κ2) is 9.65. The molecule has 1 amide bonds. The summed E-state index contributed by atoms with van der Waals surface area (Å²) in [5, 5.41) is 14.1. The van der Waals surface area contributed by atoms with E-state index < -0.39 is 20.9 Å². The average molecular weight is 510 g/mol. The molecule has 0 atom stereocenters. The number of nitro benzene ring substituents is 1. The number of hydrogen-bond acceptors (Lipinski definition) is 6. The number of ether oxygens (including phenoxy) is 1. The summed E-state index contributed by atoms with van der Waals surface area (Å²) in [4.78, 5) is 22.9. The molecular formula is C21H17Cl2N3O6S. The van der Waals surface area contributed by atoms with Crippen molar-refractivity contribution in [3.8, 4) is 5.75 Å². The van der Waals surface area contributed by atoms with E-state index >= 15 is 0 Å². The molecule has 0 aromatic heterocycles. The number of nitro groups is 1.